The van der Waals surface area contributed by atoms with E-state index in [1.807, 2.05) is 0 Å². The molecule has 1 N–H and O–H groups in total. The molecule has 2 amide bonds. The molecule has 23 heavy (non-hydrogen) atoms. The van der Waals surface area contributed by atoms with Gasteiger partial charge in [0.2, 0.25) is 5.91 Å². The lowest BCUT2D eigenvalue weighted by Crippen LogP contribution is -2.27. The van der Waals surface area contributed by atoms with Crippen LogP contribution in [0.15, 0.2) is 0 Å². The van der Waals surface area contributed by atoms with Crippen LogP contribution in [0.4, 0.5) is 5.00 Å². The highest BCUT2D eigenvalue weighted by Crippen LogP contribution is 2.35. The summed E-state index contributed by atoms with van der Waals surface area (Å²) in [6, 6.07) is 0. The Bertz CT molecular complexity index is 618. The number of esters is 1. The molecule has 1 aromatic heterocycles. The van der Waals surface area contributed by atoms with Gasteiger partial charge in [-0.15, -0.1) is 11.3 Å². The molecule has 6 nitrogen and oxygen atoms in total. The van der Waals surface area contributed by atoms with Gasteiger partial charge in [0.05, 0.1) is 17.0 Å². The molecule has 0 saturated carbocycles. The Hall–Kier alpha value is -1.89. The maximum absolute atomic E-state index is 12.6. The predicted molar refractivity (Wildman–Crippen MR) is 89.1 cm³/mol. The van der Waals surface area contributed by atoms with Gasteiger partial charge in [-0.05, 0) is 32.3 Å². The molecule has 1 aliphatic heterocycles. The van der Waals surface area contributed by atoms with E-state index in [0.717, 1.165) is 37.3 Å². The lowest BCUT2D eigenvalue weighted by molar-refractivity contribution is -0.115. The Kier molecular flexibility index (Phi) is 5.76. The number of hydrogen-bond donors (Lipinski definition) is 1. The van der Waals surface area contributed by atoms with E-state index in [1.54, 1.807) is 25.7 Å². The van der Waals surface area contributed by atoms with Gasteiger partial charge in [-0.2, -0.15) is 0 Å². The molecule has 126 valence electrons. The molecular formula is C16H22N2O4S. The number of amides is 2. The monoisotopic (exact) mass is 338 g/mol. The minimum atomic E-state index is -0.506. The Morgan fingerprint density at radius 2 is 1.87 bits per heavy atom. The molecule has 0 bridgehead atoms. The normalized spacial score (nSPS) is 14.0. The summed E-state index contributed by atoms with van der Waals surface area (Å²) >= 11 is 1.15. The molecule has 0 unspecified atom stereocenters. The first-order valence-electron chi connectivity index (χ1n) is 7.89. The molecule has 2 rings (SSSR count). The fourth-order valence-electron chi connectivity index (χ4n) is 2.53. The molecular weight excluding hydrogens is 316 g/mol. The third kappa shape index (κ3) is 3.72. The van der Waals surface area contributed by atoms with Gasteiger partial charge in [0.1, 0.15) is 5.00 Å². The van der Waals surface area contributed by atoms with Crippen LogP contribution in [0.5, 0.6) is 0 Å². The van der Waals surface area contributed by atoms with Crippen molar-refractivity contribution in [2.75, 3.05) is 25.0 Å². The highest BCUT2D eigenvalue weighted by molar-refractivity contribution is 7.18. The zero-order valence-corrected chi connectivity index (χ0v) is 14.5. The van der Waals surface area contributed by atoms with Crippen LogP contribution in [0.2, 0.25) is 0 Å². The van der Waals surface area contributed by atoms with Crippen LogP contribution in [0, 0.1) is 6.92 Å². The SMILES string of the molecule is CCOC(=O)c1c(NC(=O)CC)sc(C(=O)N2CCCC2)c1C. The van der Waals surface area contributed by atoms with Gasteiger partial charge < -0.3 is 15.0 Å². The smallest absolute Gasteiger partial charge is 0.341 e. The second-order valence-electron chi connectivity index (χ2n) is 5.38. The molecule has 2 heterocycles. The van der Waals surface area contributed by atoms with Gasteiger partial charge in [-0.1, -0.05) is 6.92 Å². The Labute approximate surface area is 139 Å². The summed E-state index contributed by atoms with van der Waals surface area (Å²) in [5, 5.41) is 3.11. The van der Waals surface area contributed by atoms with Crippen LogP contribution in [0.1, 0.15) is 58.7 Å². The third-order valence-corrected chi connectivity index (χ3v) is 4.98. The van der Waals surface area contributed by atoms with E-state index < -0.39 is 5.97 Å². The van der Waals surface area contributed by atoms with E-state index in [4.69, 9.17) is 4.74 Å². The summed E-state index contributed by atoms with van der Waals surface area (Å²) in [5.74, 6) is -0.780. The number of ether oxygens (including phenoxy) is 1. The van der Waals surface area contributed by atoms with Crippen molar-refractivity contribution in [3.8, 4) is 0 Å². The van der Waals surface area contributed by atoms with Crippen molar-refractivity contribution in [3.63, 3.8) is 0 Å². The molecule has 1 fully saturated rings. The number of nitrogens with one attached hydrogen (secondary N) is 1. The quantitative estimate of drug-likeness (QED) is 0.838. The van der Waals surface area contributed by atoms with Crippen molar-refractivity contribution in [2.45, 2.75) is 40.0 Å². The maximum atomic E-state index is 12.6. The second-order valence-corrected chi connectivity index (χ2v) is 6.40. The van der Waals surface area contributed by atoms with E-state index in [0.29, 0.717) is 27.4 Å². The van der Waals surface area contributed by atoms with E-state index in [9.17, 15) is 14.4 Å². The number of likely N-dealkylation sites (tertiary alicyclic amines) is 1. The molecule has 0 atom stereocenters. The van der Waals surface area contributed by atoms with Crippen LogP contribution in [-0.2, 0) is 9.53 Å². The van der Waals surface area contributed by atoms with Crippen molar-refractivity contribution < 1.29 is 19.1 Å². The summed E-state index contributed by atoms with van der Waals surface area (Å²) in [4.78, 5) is 38.9. The van der Waals surface area contributed by atoms with Crippen LogP contribution < -0.4 is 5.32 Å². The fraction of sp³-hybridized carbons (Fsp3) is 0.562. The van der Waals surface area contributed by atoms with Gasteiger partial charge in [-0.3, -0.25) is 9.59 Å². The average molecular weight is 338 g/mol. The predicted octanol–water partition coefficient (Wildman–Crippen LogP) is 2.82. The fourth-order valence-corrected chi connectivity index (χ4v) is 3.71. The molecule has 0 radical (unpaired) electrons. The second kappa shape index (κ2) is 7.59. The lowest BCUT2D eigenvalue weighted by atomic mass is 10.1. The Morgan fingerprint density at radius 1 is 1.22 bits per heavy atom. The summed E-state index contributed by atoms with van der Waals surface area (Å²) in [7, 11) is 0. The van der Waals surface area contributed by atoms with Crippen molar-refractivity contribution in [3.05, 3.63) is 16.0 Å². The number of thiophene rings is 1. The summed E-state index contributed by atoms with van der Waals surface area (Å²) < 4.78 is 5.07. The number of hydrogen-bond acceptors (Lipinski definition) is 5. The van der Waals surface area contributed by atoms with Gasteiger partial charge in [0, 0.05) is 19.5 Å². The molecule has 1 saturated heterocycles. The van der Waals surface area contributed by atoms with E-state index >= 15 is 0 Å². The van der Waals surface area contributed by atoms with Crippen molar-refractivity contribution >= 4 is 34.1 Å². The number of anilines is 1. The van der Waals surface area contributed by atoms with Crippen molar-refractivity contribution in [1.82, 2.24) is 4.90 Å². The van der Waals surface area contributed by atoms with Crippen molar-refractivity contribution in [1.29, 1.82) is 0 Å². The first-order chi connectivity index (χ1) is 11.0. The number of nitrogens with zero attached hydrogens (tertiary/aromatic N) is 1. The molecule has 0 aromatic carbocycles. The first-order valence-corrected chi connectivity index (χ1v) is 8.70. The summed E-state index contributed by atoms with van der Waals surface area (Å²) in [6.07, 6.45) is 2.30. The molecule has 1 aliphatic rings. The van der Waals surface area contributed by atoms with Gasteiger partial charge in [-0.25, -0.2) is 4.79 Å². The lowest BCUT2D eigenvalue weighted by Gasteiger charge is -2.14. The largest absolute Gasteiger partial charge is 0.462 e. The first kappa shape index (κ1) is 17.5. The van der Waals surface area contributed by atoms with Gasteiger partial charge in [0.25, 0.3) is 5.91 Å². The minimum Gasteiger partial charge on any atom is -0.462 e. The highest BCUT2D eigenvalue weighted by Gasteiger charge is 2.29. The zero-order valence-electron chi connectivity index (χ0n) is 13.7. The van der Waals surface area contributed by atoms with E-state index in [-0.39, 0.29) is 18.4 Å². The minimum absolute atomic E-state index is 0.0763. The Morgan fingerprint density at radius 3 is 2.43 bits per heavy atom. The molecule has 1 aromatic rings. The Balaban J connectivity index is 2.39. The van der Waals surface area contributed by atoms with Crippen LogP contribution in [0.3, 0.4) is 0 Å². The third-order valence-electron chi connectivity index (χ3n) is 3.79. The topological polar surface area (TPSA) is 75.7 Å². The number of carbonyl (C=O) groups is 3. The van der Waals surface area contributed by atoms with Crippen LogP contribution in [-0.4, -0.2) is 42.4 Å². The van der Waals surface area contributed by atoms with E-state index in [2.05, 4.69) is 5.32 Å². The van der Waals surface area contributed by atoms with Crippen LogP contribution in [0.25, 0.3) is 0 Å². The highest BCUT2D eigenvalue weighted by atomic mass is 32.1. The molecule has 0 spiro atoms. The van der Waals surface area contributed by atoms with E-state index in [1.165, 1.54) is 0 Å². The number of carbonyl (C=O) groups excluding carboxylic acids is 3. The van der Waals surface area contributed by atoms with Crippen molar-refractivity contribution in [2.24, 2.45) is 0 Å². The maximum Gasteiger partial charge on any atom is 0.341 e. The molecule has 0 aliphatic carbocycles. The number of rotatable bonds is 5. The molecule has 7 heteroatoms. The zero-order chi connectivity index (χ0) is 17.0. The van der Waals surface area contributed by atoms with Crippen LogP contribution >= 0.6 is 11.3 Å². The standard InChI is InChI=1S/C16H22N2O4S/c1-4-11(19)17-14-12(16(21)22-5-2)10(3)13(23-14)15(20)18-8-6-7-9-18/h4-9H2,1-3H3,(H,17,19). The summed E-state index contributed by atoms with van der Waals surface area (Å²) in [5.41, 5.74) is 0.873. The average Bonchev–Trinajstić information content (AvgIpc) is 3.15. The van der Waals surface area contributed by atoms with Gasteiger partial charge >= 0.3 is 5.97 Å². The van der Waals surface area contributed by atoms with Gasteiger partial charge in [0.15, 0.2) is 0 Å². The summed E-state index contributed by atoms with van der Waals surface area (Å²) in [6.45, 7) is 6.90.